The van der Waals surface area contributed by atoms with Crippen molar-refractivity contribution in [2.45, 2.75) is 4.83 Å². The second kappa shape index (κ2) is 6.12. The molecule has 0 fully saturated rings. The van der Waals surface area contributed by atoms with Gasteiger partial charge in [-0.2, -0.15) is 0 Å². The molecule has 1 atom stereocenters. The van der Waals surface area contributed by atoms with Crippen molar-refractivity contribution < 1.29 is 14.3 Å². The number of methoxy groups -OCH3 is 1. The highest BCUT2D eigenvalue weighted by Crippen LogP contribution is 2.21. The first-order valence-corrected chi connectivity index (χ1v) is 5.39. The fourth-order valence-corrected chi connectivity index (χ4v) is 1.42. The molecule has 6 heteroatoms. The van der Waals surface area contributed by atoms with Gasteiger partial charge in [0.25, 0.3) is 5.91 Å². The van der Waals surface area contributed by atoms with Gasteiger partial charge in [-0.15, -0.1) is 0 Å². The Morgan fingerprint density at radius 3 is 2.44 bits per heavy atom. The van der Waals surface area contributed by atoms with Crippen molar-refractivity contribution in [2.75, 3.05) is 7.11 Å². The Hall–Kier alpha value is -1.56. The van der Waals surface area contributed by atoms with Gasteiger partial charge in [0, 0.05) is 0 Å². The maximum absolute atomic E-state index is 11.5. The number of amides is 2. The van der Waals surface area contributed by atoms with Crippen molar-refractivity contribution in [3.8, 4) is 0 Å². The van der Waals surface area contributed by atoms with Crippen LogP contribution in [0.5, 0.6) is 0 Å². The van der Waals surface area contributed by atoms with Crippen LogP contribution in [0, 0.1) is 0 Å². The first kappa shape index (κ1) is 12.5. The lowest BCUT2D eigenvalue weighted by Crippen LogP contribution is -2.42. The number of nitrogens with one attached hydrogen (secondary N) is 2. The van der Waals surface area contributed by atoms with Crippen LogP contribution >= 0.6 is 15.9 Å². The van der Waals surface area contributed by atoms with E-state index in [1.165, 1.54) is 7.11 Å². The van der Waals surface area contributed by atoms with Crippen LogP contribution in [0.4, 0.5) is 4.79 Å². The number of hydrogen-bond acceptors (Lipinski definition) is 3. The first-order chi connectivity index (χ1) is 7.65. The Morgan fingerprint density at radius 1 is 1.25 bits per heavy atom. The molecule has 1 aromatic carbocycles. The minimum Gasteiger partial charge on any atom is -0.452 e. The molecular formula is C10H11BrN2O3. The highest BCUT2D eigenvalue weighted by molar-refractivity contribution is 9.09. The number of alkyl halides is 1. The SMILES string of the molecule is COC(=O)NNC(=O)C(Br)c1ccccc1. The molecule has 0 aliphatic heterocycles. The summed E-state index contributed by atoms with van der Waals surface area (Å²) < 4.78 is 4.31. The maximum atomic E-state index is 11.5. The van der Waals surface area contributed by atoms with E-state index in [9.17, 15) is 9.59 Å². The minimum atomic E-state index is -0.721. The van der Waals surface area contributed by atoms with E-state index in [2.05, 4.69) is 31.5 Å². The fraction of sp³-hybridized carbons (Fsp3) is 0.200. The predicted octanol–water partition coefficient (Wildman–Crippen LogP) is 1.51. The number of carbonyl (C=O) groups excluding carboxylic acids is 2. The summed E-state index contributed by atoms with van der Waals surface area (Å²) >= 11 is 3.22. The van der Waals surface area contributed by atoms with Crippen molar-refractivity contribution in [2.24, 2.45) is 0 Å². The Kier molecular flexibility index (Phi) is 4.78. The topological polar surface area (TPSA) is 67.4 Å². The van der Waals surface area contributed by atoms with E-state index in [1.807, 2.05) is 18.2 Å². The van der Waals surface area contributed by atoms with Crippen molar-refractivity contribution >= 4 is 27.9 Å². The largest absolute Gasteiger partial charge is 0.452 e. The molecule has 0 heterocycles. The fourth-order valence-electron chi connectivity index (χ4n) is 1.00. The highest BCUT2D eigenvalue weighted by Gasteiger charge is 2.16. The van der Waals surface area contributed by atoms with Crippen LogP contribution in [0.3, 0.4) is 0 Å². The number of carbonyl (C=O) groups is 2. The number of hydrazine groups is 1. The number of halogens is 1. The van der Waals surface area contributed by atoms with E-state index >= 15 is 0 Å². The monoisotopic (exact) mass is 286 g/mol. The van der Waals surface area contributed by atoms with Gasteiger partial charge in [0.05, 0.1) is 7.11 Å². The number of benzene rings is 1. The van der Waals surface area contributed by atoms with Crippen LogP contribution in [0.2, 0.25) is 0 Å². The molecule has 16 heavy (non-hydrogen) atoms. The average molecular weight is 287 g/mol. The quantitative estimate of drug-likeness (QED) is 0.640. The van der Waals surface area contributed by atoms with E-state index in [1.54, 1.807) is 12.1 Å². The van der Waals surface area contributed by atoms with Gasteiger partial charge in [-0.3, -0.25) is 10.2 Å². The average Bonchev–Trinajstić information content (AvgIpc) is 2.35. The lowest BCUT2D eigenvalue weighted by molar-refractivity contribution is -0.121. The summed E-state index contributed by atoms with van der Waals surface area (Å²) in [4.78, 5) is 21.7. The molecule has 5 nitrogen and oxygen atoms in total. The second-order valence-electron chi connectivity index (χ2n) is 2.88. The van der Waals surface area contributed by atoms with Crippen LogP contribution in [0.15, 0.2) is 30.3 Å². The number of hydrogen-bond donors (Lipinski definition) is 2. The van der Waals surface area contributed by atoms with Crippen LogP contribution in [-0.2, 0) is 9.53 Å². The van der Waals surface area contributed by atoms with Crippen molar-refractivity contribution in [1.82, 2.24) is 10.9 Å². The molecule has 1 rings (SSSR count). The summed E-state index contributed by atoms with van der Waals surface area (Å²) in [5, 5.41) is 0. The molecule has 0 spiro atoms. The Labute approximate surface area is 101 Å². The first-order valence-electron chi connectivity index (χ1n) is 4.48. The summed E-state index contributed by atoms with van der Waals surface area (Å²) in [6.45, 7) is 0. The molecule has 0 aliphatic rings. The van der Waals surface area contributed by atoms with Gasteiger partial charge >= 0.3 is 6.09 Å². The maximum Gasteiger partial charge on any atom is 0.425 e. The van der Waals surface area contributed by atoms with Gasteiger partial charge < -0.3 is 4.74 Å². The zero-order valence-electron chi connectivity index (χ0n) is 8.57. The third-order valence-corrected chi connectivity index (χ3v) is 2.74. The summed E-state index contributed by atoms with van der Waals surface area (Å²) in [7, 11) is 1.21. The molecule has 0 saturated heterocycles. The molecule has 0 radical (unpaired) electrons. The van der Waals surface area contributed by atoms with Gasteiger partial charge in [0.15, 0.2) is 0 Å². The molecule has 0 aromatic heterocycles. The zero-order valence-corrected chi connectivity index (χ0v) is 10.2. The molecule has 2 N–H and O–H groups in total. The Balaban J connectivity index is 2.52. The van der Waals surface area contributed by atoms with Crippen LogP contribution < -0.4 is 10.9 Å². The van der Waals surface area contributed by atoms with E-state index in [0.29, 0.717) is 0 Å². The molecule has 86 valence electrons. The summed E-state index contributed by atoms with van der Waals surface area (Å²) in [5.74, 6) is -0.378. The third kappa shape index (κ3) is 3.54. The van der Waals surface area contributed by atoms with Crippen molar-refractivity contribution in [1.29, 1.82) is 0 Å². The molecule has 1 unspecified atom stereocenters. The van der Waals surface area contributed by atoms with Crippen LogP contribution in [0.25, 0.3) is 0 Å². The lowest BCUT2D eigenvalue weighted by Gasteiger charge is -2.11. The Bertz CT molecular complexity index is 370. The lowest BCUT2D eigenvalue weighted by atomic mass is 10.1. The molecule has 0 saturated carbocycles. The Morgan fingerprint density at radius 2 is 1.88 bits per heavy atom. The number of rotatable bonds is 2. The van der Waals surface area contributed by atoms with E-state index < -0.39 is 10.9 Å². The van der Waals surface area contributed by atoms with Crippen LogP contribution in [-0.4, -0.2) is 19.1 Å². The van der Waals surface area contributed by atoms with Gasteiger partial charge in [0.1, 0.15) is 4.83 Å². The summed E-state index contributed by atoms with van der Waals surface area (Å²) in [5.41, 5.74) is 5.11. The van der Waals surface area contributed by atoms with Crippen molar-refractivity contribution in [3.63, 3.8) is 0 Å². The predicted molar refractivity (Wildman–Crippen MR) is 61.8 cm³/mol. The molecule has 2 amide bonds. The van der Waals surface area contributed by atoms with Gasteiger partial charge in [0.2, 0.25) is 0 Å². The summed E-state index contributed by atoms with van der Waals surface area (Å²) in [6, 6.07) is 9.11. The van der Waals surface area contributed by atoms with Gasteiger partial charge in [-0.1, -0.05) is 46.3 Å². The highest BCUT2D eigenvalue weighted by atomic mass is 79.9. The van der Waals surface area contributed by atoms with Crippen LogP contribution in [0.1, 0.15) is 10.4 Å². The zero-order chi connectivity index (χ0) is 12.0. The molecule has 0 aliphatic carbocycles. The smallest absolute Gasteiger partial charge is 0.425 e. The van der Waals surface area contributed by atoms with E-state index in [-0.39, 0.29) is 5.91 Å². The van der Waals surface area contributed by atoms with Crippen molar-refractivity contribution in [3.05, 3.63) is 35.9 Å². The molecule has 1 aromatic rings. The standard InChI is InChI=1S/C10H11BrN2O3/c1-16-10(15)13-12-9(14)8(11)7-5-3-2-4-6-7/h2-6,8H,1H3,(H,12,14)(H,13,15). The van der Waals surface area contributed by atoms with E-state index in [4.69, 9.17) is 0 Å². The normalized spacial score (nSPS) is 11.4. The summed E-state index contributed by atoms with van der Waals surface area (Å²) in [6.07, 6.45) is -0.721. The van der Waals surface area contributed by atoms with Gasteiger partial charge in [-0.25, -0.2) is 10.2 Å². The van der Waals surface area contributed by atoms with E-state index in [0.717, 1.165) is 5.56 Å². The number of ether oxygens (including phenoxy) is 1. The third-order valence-electron chi connectivity index (χ3n) is 1.80. The minimum absolute atomic E-state index is 0.378. The molecular weight excluding hydrogens is 276 g/mol. The van der Waals surface area contributed by atoms with Gasteiger partial charge in [-0.05, 0) is 5.56 Å². The molecule has 0 bridgehead atoms. The second-order valence-corrected chi connectivity index (χ2v) is 3.79.